The molecule has 4 aromatic rings. The van der Waals surface area contributed by atoms with Crippen molar-refractivity contribution in [1.82, 2.24) is 9.97 Å². The van der Waals surface area contributed by atoms with Crippen LogP contribution < -0.4 is 15.4 Å². The minimum Gasteiger partial charge on any atom is -0.394 e. The van der Waals surface area contributed by atoms with E-state index in [0.717, 1.165) is 5.56 Å². The monoisotopic (exact) mass is 552 g/mol. The highest BCUT2D eigenvalue weighted by molar-refractivity contribution is 7.92. The zero-order chi connectivity index (χ0) is 27.3. The minimum absolute atomic E-state index is 0.122. The Kier molecular flexibility index (Phi) is 7.95. The average Bonchev–Trinajstić information content (AvgIpc) is 2.89. The second-order valence-corrected chi connectivity index (χ2v) is 12.5. The first-order valence-electron chi connectivity index (χ1n) is 11.6. The molecule has 38 heavy (non-hydrogen) atoms. The Balaban J connectivity index is 1.61. The first-order chi connectivity index (χ1) is 18.0. The molecule has 0 saturated carbocycles. The predicted octanol–water partition coefficient (Wildman–Crippen LogP) is 4.52. The van der Waals surface area contributed by atoms with Crippen LogP contribution in [0.5, 0.6) is 0 Å². The highest BCUT2D eigenvalue weighted by Gasteiger charge is 2.15. The topological polar surface area (TPSA) is 157 Å². The van der Waals surface area contributed by atoms with Crippen molar-refractivity contribution in [2.45, 2.75) is 22.8 Å². The third-order valence-corrected chi connectivity index (χ3v) is 8.04. The lowest BCUT2D eigenvalue weighted by atomic mass is 10.1. The SMILES string of the molecule is C[C@H](CO)Nc1nc(Nc2cccc([S@@](C)(=N)=O)c2)ncc1-c1ccc(NS(=O)(=O)c2ccccc2)cc1. The van der Waals surface area contributed by atoms with Crippen LogP contribution >= 0.6 is 0 Å². The van der Waals surface area contributed by atoms with Gasteiger partial charge in [0.15, 0.2) is 0 Å². The summed E-state index contributed by atoms with van der Waals surface area (Å²) >= 11 is 0. The largest absolute Gasteiger partial charge is 0.394 e. The van der Waals surface area contributed by atoms with E-state index in [1.807, 2.05) is 0 Å². The Morgan fingerprint density at radius 1 is 0.921 bits per heavy atom. The Hall–Kier alpha value is -4.00. The smallest absolute Gasteiger partial charge is 0.261 e. The van der Waals surface area contributed by atoms with Crippen LogP contribution in [0.25, 0.3) is 11.1 Å². The molecule has 1 aromatic heterocycles. The maximum atomic E-state index is 12.6. The molecule has 0 aliphatic rings. The van der Waals surface area contributed by atoms with Crippen molar-refractivity contribution in [2.24, 2.45) is 0 Å². The van der Waals surface area contributed by atoms with Gasteiger partial charge in [-0.05, 0) is 55.0 Å². The number of sulfonamides is 1. The van der Waals surface area contributed by atoms with Crippen LogP contribution in [0.1, 0.15) is 6.92 Å². The normalized spacial score (nSPS) is 13.8. The van der Waals surface area contributed by atoms with E-state index in [4.69, 9.17) is 4.78 Å². The van der Waals surface area contributed by atoms with E-state index in [0.29, 0.717) is 27.7 Å². The van der Waals surface area contributed by atoms with Gasteiger partial charge in [-0.1, -0.05) is 36.4 Å². The molecule has 0 aliphatic heterocycles. The zero-order valence-corrected chi connectivity index (χ0v) is 22.4. The summed E-state index contributed by atoms with van der Waals surface area (Å²) in [5.74, 6) is 0.718. The fourth-order valence-corrected chi connectivity index (χ4v) is 5.29. The molecule has 3 aromatic carbocycles. The van der Waals surface area contributed by atoms with Crippen LogP contribution in [0.2, 0.25) is 0 Å². The fraction of sp³-hybridized carbons (Fsp3) is 0.154. The summed E-state index contributed by atoms with van der Waals surface area (Å²) in [6, 6.07) is 21.3. The molecule has 0 spiro atoms. The molecular formula is C26H28N6O4S2. The number of aliphatic hydroxyl groups excluding tert-OH is 1. The van der Waals surface area contributed by atoms with Gasteiger partial charge in [-0.2, -0.15) is 4.98 Å². The van der Waals surface area contributed by atoms with Crippen molar-refractivity contribution >= 4 is 42.9 Å². The summed E-state index contributed by atoms with van der Waals surface area (Å²) in [6.07, 6.45) is 2.97. The van der Waals surface area contributed by atoms with Gasteiger partial charge < -0.3 is 15.7 Å². The molecule has 4 rings (SSSR count). The van der Waals surface area contributed by atoms with Crippen LogP contribution in [0.3, 0.4) is 0 Å². The number of aromatic nitrogens is 2. The molecule has 12 heteroatoms. The highest BCUT2D eigenvalue weighted by atomic mass is 32.2. The number of hydrogen-bond acceptors (Lipinski definition) is 9. The molecule has 0 saturated heterocycles. The van der Waals surface area contributed by atoms with Crippen LogP contribution in [-0.2, 0) is 19.8 Å². The maximum absolute atomic E-state index is 12.6. The molecule has 0 fully saturated rings. The minimum atomic E-state index is -3.72. The van der Waals surface area contributed by atoms with E-state index in [2.05, 4.69) is 25.3 Å². The predicted molar refractivity (Wildman–Crippen MR) is 150 cm³/mol. The van der Waals surface area contributed by atoms with Crippen LogP contribution in [-0.4, -0.2) is 46.6 Å². The van der Waals surface area contributed by atoms with Crippen molar-refractivity contribution in [3.8, 4) is 11.1 Å². The molecule has 1 heterocycles. The third kappa shape index (κ3) is 6.65. The summed E-state index contributed by atoms with van der Waals surface area (Å²) in [6.45, 7) is 1.68. The lowest BCUT2D eigenvalue weighted by Gasteiger charge is -2.17. The van der Waals surface area contributed by atoms with Gasteiger partial charge in [0.2, 0.25) is 5.95 Å². The van der Waals surface area contributed by atoms with E-state index in [1.165, 1.54) is 18.4 Å². The summed E-state index contributed by atoms with van der Waals surface area (Å²) in [5.41, 5.74) is 2.35. The zero-order valence-electron chi connectivity index (χ0n) is 20.8. The number of rotatable bonds is 10. The first kappa shape index (κ1) is 27.0. The lowest BCUT2D eigenvalue weighted by Crippen LogP contribution is -2.21. The van der Waals surface area contributed by atoms with Crippen LogP contribution in [0, 0.1) is 4.78 Å². The Bertz CT molecular complexity index is 1630. The number of aliphatic hydroxyl groups is 1. The molecule has 0 amide bonds. The first-order valence-corrected chi connectivity index (χ1v) is 15.0. The number of anilines is 4. The van der Waals surface area contributed by atoms with Gasteiger partial charge in [0, 0.05) is 40.3 Å². The number of nitrogens with zero attached hydrogens (tertiary/aromatic N) is 2. The molecule has 0 radical (unpaired) electrons. The summed E-state index contributed by atoms with van der Waals surface area (Å²) in [7, 11) is -6.60. The Morgan fingerprint density at radius 3 is 2.26 bits per heavy atom. The van der Waals surface area contributed by atoms with E-state index >= 15 is 0 Å². The maximum Gasteiger partial charge on any atom is 0.261 e. The van der Waals surface area contributed by atoms with E-state index in [-0.39, 0.29) is 23.5 Å². The van der Waals surface area contributed by atoms with Gasteiger partial charge in [0.05, 0.1) is 21.2 Å². The van der Waals surface area contributed by atoms with Crippen molar-refractivity contribution in [1.29, 1.82) is 4.78 Å². The van der Waals surface area contributed by atoms with Crippen LogP contribution in [0.4, 0.5) is 23.1 Å². The molecule has 0 bridgehead atoms. The molecule has 0 aliphatic carbocycles. The highest BCUT2D eigenvalue weighted by Crippen LogP contribution is 2.30. The average molecular weight is 553 g/mol. The van der Waals surface area contributed by atoms with E-state index < -0.39 is 19.8 Å². The van der Waals surface area contributed by atoms with Crippen molar-refractivity contribution in [3.63, 3.8) is 0 Å². The summed E-state index contributed by atoms with van der Waals surface area (Å²) in [5, 5.41) is 15.8. The van der Waals surface area contributed by atoms with Gasteiger partial charge in [0.1, 0.15) is 5.82 Å². The molecule has 0 unspecified atom stereocenters. The summed E-state index contributed by atoms with van der Waals surface area (Å²) < 4.78 is 47.8. The quantitative estimate of drug-likeness (QED) is 0.192. The van der Waals surface area contributed by atoms with Gasteiger partial charge in [-0.3, -0.25) is 4.72 Å². The molecular weight excluding hydrogens is 524 g/mol. The molecule has 10 nitrogen and oxygen atoms in total. The van der Waals surface area contributed by atoms with Crippen LogP contribution in [0.15, 0.2) is 94.9 Å². The van der Waals surface area contributed by atoms with E-state index in [1.54, 1.807) is 79.9 Å². The van der Waals surface area contributed by atoms with Gasteiger partial charge in [-0.15, -0.1) is 0 Å². The second-order valence-electron chi connectivity index (χ2n) is 8.68. The summed E-state index contributed by atoms with van der Waals surface area (Å²) in [4.78, 5) is 9.52. The molecule has 2 atom stereocenters. The second kappa shape index (κ2) is 11.2. The number of benzene rings is 3. The van der Waals surface area contributed by atoms with Gasteiger partial charge in [0.25, 0.3) is 10.0 Å². The third-order valence-electron chi connectivity index (χ3n) is 5.49. The van der Waals surface area contributed by atoms with Gasteiger partial charge >= 0.3 is 0 Å². The Labute approximate surface area is 222 Å². The molecule has 5 N–H and O–H groups in total. The van der Waals surface area contributed by atoms with Crippen molar-refractivity contribution in [2.75, 3.05) is 28.2 Å². The number of nitrogens with one attached hydrogen (secondary N) is 4. The van der Waals surface area contributed by atoms with Crippen molar-refractivity contribution in [3.05, 3.63) is 85.1 Å². The van der Waals surface area contributed by atoms with Crippen molar-refractivity contribution < 1.29 is 17.7 Å². The van der Waals surface area contributed by atoms with Gasteiger partial charge in [-0.25, -0.2) is 22.4 Å². The number of hydrogen-bond donors (Lipinski definition) is 5. The fourth-order valence-electron chi connectivity index (χ4n) is 3.52. The van der Waals surface area contributed by atoms with E-state index in [9.17, 15) is 17.7 Å². The lowest BCUT2D eigenvalue weighted by molar-refractivity contribution is 0.281. The Morgan fingerprint density at radius 2 is 1.61 bits per heavy atom. The molecule has 198 valence electrons. The standard InChI is InChI=1S/C26H28N6O4S2/c1-18(17-33)29-25-24(16-28-26(31-25)30-21-7-6-10-23(15-21)37(2,27)34)19-11-13-20(14-12-19)32-38(35,36)22-8-4-3-5-9-22/h3-16,18,27,32-33H,17H2,1-2H3,(H2,28,29,30,31)/t18-,37+/m1/s1.